The highest BCUT2D eigenvalue weighted by Gasteiger charge is 2.10. The number of nitrogens with zero attached hydrogens (tertiary/aromatic N) is 2. The Morgan fingerprint density at radius 1 is 1.38 bits per heavy atom. The van der Waals surface area contributed by atoms with E-state index in [2.05, 4.69) is 25.9 Å². The van der Waals surface area contributed by atoms with Gasteiger partial charge >= 0.3 is 0 Å². The van der Waals surface area contributed by atoms with Gasteiger partial charge in [0.2, 0.25) is 0 Å². The zero-order valence-corrected chi connectivity index (χ0v) is 11.3. The van der Waals surface area contributed by atoms with Crippen molar-refractivity contribution in [2.75, 3.05) is 7.11 Å². The van der Waals surface area contributed by atoms with Gasteiger partial charge in [-0.05, 0) is 22.0 Å². The van der Waals surface area contributed by atoms with Crippen LogP contribution in [0.4, 0.5) is 0 Å². The molecule has 0 amide bonds. The van der Waals surface area contributed by atoms with E-state index in [0.717, 1.165) is 33.4 Å². The second kappa shape index (κ2) is 4.55. The summed E-state index contributed by atoms with van der Waals surface area (Å²) in [6, 6.07) is 3.70. The van der Waals surface area contributed by atoms with Crippen LogP contribution in [0.1, 0.15) is 12.7 Å². The van der Waals surface area contributed by atoms with Gasteiger partial charge in [0.05, 0.1) is 18.0 Å². The topological polar surface area (TPSA) is 35.0 Å². The number of aromatic nitrogens is 2. The Morgan fingerprint density at radius 2 is 2.12 bits per heavy atom. The molecule has 0 aliphatic carbocycles. The van der Waals surface area contributed by atoms with Gasteiger partial charge < -0.3 is 4.74 Å². The Morgan fingerprint density at radius 3 is 2.75 bits per heavy atom. The van der Waals surface area contributed by atoms with E-state index < -0.39 is 0 Å². The Balaban J connectivity index is 2.79. The highest BCUT2D eigenvalue weighted by atomic mass is 79.9. The summed E-state index contributed by atoms with van der Waals surface area (Å²) in [5.74, 6) is 1.48. The molecule has 3 nitrogen and oxygen atoms in total. The average molecular weight is 302 g/mol. The molecular formula is C11H10BrClN2O. The third-order valence-electron chi connectivity index (χ3n) is 2.28. The van der Waals surface area contributed by atoms with Crippen molar-refractivity contribution in [3.63, 3.8) is 0 Å². The predicted octanol–water partition coefficient (Wildman–Crippen LogP) is 3.62. The molecule has 0 aliphatic rings. The maximum atomic E-state index is 6.12. The third kappa shape index (κ3) is 1.99. The van der Waals surface area contributed by atoms with Crippen molar-refractivity contribution >= 4 is 38.4 Å². The number of halogens is 2. The Labute approximate surface area is 107 Å². The van der Waals surface area contributed by atoms with E-state index in [4.69, 9.17) is 16.3 Å². The van der Waals surface area contributed by atoms with Crippen LogP contribution in [0.15, 0.2) is 16.6 Å². The second-order valence-electron chi connectivity index (χ2n) is 3.29. The quantitative estimate of drug-likeness (QED) is 0.795. The van der Waals surface area contributed by atoms with Gasteiger partial charge in [-0.25, -0.2) is 9.97 Å². The fourth-order valence-corrected chi connectivity index (χ4v) is 2.50. The lowest BCUT2D eigenvalue weighted by Crippen LogP contribution is -1.95. The molecule has 1 heterocycles. The van der Waals surface area contributed by atoms with Gasteiger partial charge in [0.1, 0.15) is 16.7 Å². The fourth-order valence-electron chi connectivity index (χ4n) is 1.47. The molecule has 2 aromatic rings. The summed E-state index contributed by atoms with van der Waals surface area (Å²) in [5, 5.41) is 1.29. The molecule has 0 unspecified atom stereocenters. The molecule has 0 radical (unpaired) electrons. The lowest BCUT2D eigenvalue weighted by atomic mass is 10.2. The first kappa shape index (κ1) is 11.6. The lowest BCUT2D eigenvalue weighted by molar-refractivity contribution is 0.415. The summed E-state index contributed by atoms with van der Waals surface area (Å²) in [7, 11) is 1.62. The van der Waals surface area contributed by atoms with E-state index in [1.54, 1.807) is 7.11 Å². The molecule has 1 aromatic carbocycles. The fraction of sp³-hybridized carbons (Fsp3) is 0.273. The number of hydrogen-bond donors (Lipinski definition) is 0. The van der Waals surface area contributed by atoms with Crippen molar-refractivity contribution in [1.82, 2.24) is 9.97 Å². The van der Waals surface area contributed by atoms with E-state index in [9.17, 15) is 0 Å². The lowest BCUT2D eigenvalue weighted by Gasteiger charge is -2.07. The average Bonchev–Trinajstić information content (AvgIpc) is 2.27. The summed E-state index contributed by atoms with van der Waals surface area (Å²) >= 11 is 9.56. The Bertz CT molecular complexity index is 500. The van der Waals surface area contributed by atoms with Crippen molar-refractivity contribution < 1.29 is 4.74 Å². The molecule has 16 heavy (non-hydrogen) atoms. The SMILES string of the molecule is CCc1nc(Cl)c2c(Br)cc(OC)cc2n1. The van der Waals surface area contributed by atoms with Crippen molar-refractivity contribution in [2.24, 2.45) is 0 Å². The smallest absolute Gasteiger partial charge is 0.141 e. The van der Waals surface area contributed by atoms with Crippen LogP contribution in [0.3, 0.4) is 0 Å². The van der Waals surface area contributed by atoms with Gasteiger partial charge in [-0.15, -0.1) is 0 Å². The minimum absolute atomic E-state index is 0.469. The van der Waals surface area contributed by atoms with Gasteiger partial charge in [-0.3, -0.25) is 0 Å². The van der Waals surface area contributed by atoms with Crippen LogP contribution in [0.25, 0.3) is 10.9 Å². The molecular weight excluding hydrogens is 291 g/mol. The maximum absolute atomic E-state index is 6.12. The van der Waals surface area contributed by atoms with Crippen molar-refractivity contribution in [2.45, 2.75) is 13.3 Å². The highest BCUT2D eigenvalue weighted by molar-refractivity contribution is 9.10. The molecule has 5 heteroatoms. The number of hydrogen-bond acceptors (Lipinski definition) is 3. The minimum atomic E-state index is 0.469. The summed E-state index contributed by atoms with van der Waals surface area (Å²) in [4.78, 5) is 8.64. The molecule has 0 aliphatic heterocycles. The molecule has 0 atom stereocenters. The maximum Gasteiger partial charge on any atom is 0.141 e. The number of ether oxygens (including phenoxy) is 1. The van der Waals surface area contributed by atoms with E-state index in [0.29, 0.717) is 5.15 Å². The van der Waals surface area contributed by atoms with E-state index in [1.165, 1.54) is 0 Å². The normalized spacial score (nSPS) is 10.8. The molecule has 1 aromatic heterocycles. The molecule has 2 rings (SSSR count). The van der Waals surface area contributed by atoms with Crippen molar-refractivity contribution in [3.05, 3.63) is 27.6 Å². The third-order valence-corrected chi connectivity index (χ3v) is 3.18. The van der Waals surface area contributed by atoms with E-state index in [1.807, 2.05) is 19.1 Å². The van der Waals surface area contributed by atoms with Crippen LogP contribution < -0.4 is 4.74 Å². The zero-order valence-electron chi connectivity index (χ0n) is 8.92. The van der Waals surface area contributed by atoms with Gasteiger partial charge in [0.15, 0.2) is 0 Å². The van der Waals surface area contributed by atoms with Crippen LogP contribution in [0.5, 0.6) is 5.75 Å². The highest BCUT2D eigenvalue weighted by Crippen LogP contribution is 2.32. The van der Waals surface area contributed by atoms with Crippen molar-refractivity contribution in [3.8, 4) is 5.75 Å². The minimum Gasteiger partial charge on any atom is -0.497 e. The van der Waals surface area contributed by atoms with E-state index in [-0.39, 0.29) is 0 Å². The van der Waals surface area contributed by atoms with Crippen molar-refractivity contribution in [1.29, 1.82) is 0 Å². The van der Waals surface area contributed by atoms with Gasteiger partial charge in [-0.2, -0.15) is 0 Å². The van der Waals surface area contributed by atoms with Crippen LogP contribution in [0.2, 0.25) is 5.15 Å². The molecule has 0 bridgehead atoms. The standard InChI is InChI=1S/C11H10BrClN2O/c1-3-9-14-8-5-6(16-2)4-7(12)10(8)11(13)15-9/h4-5H,3H2,1-2H3. The number of benzene rings is 1. The molecule has 0 fully saturated rings. The van der Waals surface area contributed by atoms with E-state index >= 15 is 0 Å². The molecule has 84 valence electrons. The summed E-state index contributed by atoms with van der Waals surface area (Å²) < 4.78 is 6.03. The first-order chi connectivity index (χ1) is 7.65. The Hall–Kier alpha value is -0.870. The first-order valence-electron chi connectivity index (χ1n) is 4.85. The molecule has 0 saturated heterocycles. The predicted molar refractivity (Wildman–Crippen MR) is 68.2 cm³/mol. The summed E-state index contributed by atoms with van der Waals surface area (Å²) in [5.41, 5.74) is 0.795. The Kier molecular flexibility index (Phi) is 3.30. The first-order valence-corrected chi connectivity index (χ1v) is 6.02. The molecule has 0 spiro atoms. The zero-order chi connectivity index (χ0) is 11.7. The number of aryl methyl sites for hydroxylation is 1. The van der Waals surface area contributed by atoms with Gasteiger partial charge in [0, 0.05) is 17.0 Å². The van der Waals surface area contributed by atoms with Crippen LogP contribution >= 0.6 is 27.5 Å². The van der Waals surface area contributed by atoms with Crippen LogP contribution in [-0.2, 0) is 6.42 Å². The molecule has 0 N–H and O–H groups in total. The monoisotopic (exact) mass is 300 g/mol. The van der Waals surface area contributed by atoms with Crippen LogP contribution in [-0.4, -0.2) is 17.1 Å². The largest absolute Gasteiger partial charge is 0.497 e. The number of rotatable bonds is 2. The van der Waals surface area contributed by atoms with Gasteiger partial charge in [0.25, 0.3) is 0 Å². The molecule has 0 saturated carbocycles. The second-order valence-corrected chi connectivity index (χ2v) is 4.50. The number of methoxy groups -OCH3 is 1. The van der Waals surface area contributed by atoms with Gasteiger partial charge in [-0.1, -0.05) is 18.5 Å². The summed E-state index contributed by atoms with van der Waals surface area (Å²) in [6.07, 6.45) is 0.754. The number of fused-ring (bicyclic) bond motifs is 1. The van der Waals surface area contributed by atoms with Crippen LogP contribution in [0, 0.1) is 0 Å². The summed E-state index contributed by atoms with van der Waals surface area (Å²) in [6.45, 7) is 1.99.